The number of nitrogens with one attached hydrogen (secondary N) is 2. The van der Waals surface area contributed by atoms with Crippen molar-refractivity contribution in [1.82, 2.24) is 5.32 Å². The Morgan fingerprint density at radius 1 is 1.28 bits per heavy atom. The Bertz CT molecular complexity index is 714. The zero-order valence-corrected chi connectivity index (χ0v) is 14.9. The monoisotopic (exact) mass is 340 g/mol. The van der Waals surface area contributed by atoms with Crippen LogP contribution < -0.4 is 10.6 Å². The van der Waals surface area contributed by atoms with E-state index in [-0.39, 0.29) is 22.9 Å². The molecule has 1 aliphatic carbocycles. The summed E-state index contributed by atoms with van der Waals surface area (Å²) in [6.07, 6.45) is 4.23. The van der Waals surface area contributed by atoms with Crippen LogP contribution in [0.3, 0.4) is 0 Å². The van der Waals surface area contributed by atoms with Gasteiger partial charge in [0.05, 0.1) is 17.7 Å². The van der Waals surface area contributed by atoms with Crippen LogP contribution in [0.4, 0.5) is 10.5 Å². The highest BCUT2D eigenvalue weighted by atomic mass is 16.2. The van der Waals surface area contributed by atoms with Crippen molar-refractivity contribution in [2.75, 3.05) is 11.9 Å². The molecule has 25 heavy (non-hydrogen) atoms. The number of anilines is 1. The molecule has 0 heterocycles. The van der Waals surface area contributed by atoms with Crippen molar-refractivity contribution < 1.29 is 9.59 Å². The molecule has 0 bridgehead atoms. The quantitative estimate of drug-likeness (QED) is 0.647. The third-order valence-corrected chi connectivity index (χ3v) is 4.60. The molecule has 0 aliphatic heterocycles. The first-order valence-corrected chi connectivity index (χ1v) is 8.37. The van der Waals surface area contributed by atoms with Crippen LogP contribution in [0.2, 0.25) is 0 Å². The predicted octanol–water partition coefficient (Wildman–Crippen LogP) is 3.60. The van der Waals surface area contributed by atoms with Crippen molar-refractivity contribution in [3.63, 3.8) is 0 Å². The van der Waals surface area contributed by atoms with Gasteiger partial charge in [-0.15, -0.1) is 0 Å². The molecule has 2 rings (SSSR count). The minimum Gasteiger partial charge on any atom is -0.337 e. The molecule has 1 saturated carbocycles. The molecule has 2 unspecified atom stereocenters. The first kappa shape index (κ1) is 18.7. The molecule has 0 radical (unpaired) electrons. The van der Waals surface area contributed by atoms with Gasteiger partial charge in [0.1, 0.15) is 0 Å². The predicted molar refractivity (Wildman–Crippen MR) is 95.8 cm³/mol. The van der Waals surface area contributed by atoms with Crippen LogP contribution in [-0.4, -0.2) is 24.7 Å². The number of hydrogen-bond acceptors (Lipinski definition) is 4. The van der Waals surface area contributed by atoms with Crippen molar-refractivity contribution in [2.45, 2.75) is 46.1 Å². The third kappa shape index (κ3) is 5.44. The summed E-state index contributed by atoms with van der Waals surface area (Å²) in [5, 5.41) is 14.5. The lowest BCUT2D eigenvalue weighted by Gasteiger charge is -2.45. The fourth-order valence-corrected chi connectivity index (χ4v) is 3.98. The van der Waals surface area contributed by atoms with Gasteiger partial charge in [0.25, 0.3) is 0 Å². The summed E-state index contributed by atoms with van der Waals surface area (Å²) >= 11 is 0. The van der Waals surface area contributed by atoms with Gasteiger partial charge in [-0.3, -0.25) is 0 Å². The minimum absolute atomic E-state index is 0.0466. The Morgan fingerprint density at radius 3 is 2.56 bits per heavy atom. The maximum absolute atomic E-state index is 12.1. The van der Waals surface area contributed by atoms with Crippen LogP contribution in [-0.2, 0) is 4.79 Å². The lowest BCUT2D eigenvalue weighted by Crippen LogP contribution is -2.45. The first-order valence-electron chi connectivity index (χ1n) is 8.37. The highest BCUT2D eigenvalue weighted by Gasteiger charge is 2.41. The minimum atomic E-state index is -0.287. The largest absolute Gasteiger partial charge is 0.337 e. The number of nitrogens with zero attached hydrogens (tertiary/aromatic N) is 2. The number of isocyanates is 1. The molecule has 1 fully saturated rings. The van der Waals surface area contributed by atoms with Crippen molar-refractivity contribution in [2.24, 2.45) is 15.8 Å². The molecule has 1 aliphatic rings. The highest BCUT2D eigenvalue weighted by Crippen LogP contribution is 2.46. The molecular weight excluding hydrogens is 316 g/mol. The van der Waals surface area contributed by atoms with E-state index in [1.165, 1.54) is 0 Å². The number of carbonyl (C=O) groups is 1. The van der Waals surface area contributed by atoms with E-state index in [4.69, 9.17) is 5.26 Å². The Balaban J connectivity index is 1.94. The molecule has 0 aromatic heterocycles. The number of carbonyl (C=O) groups excluding carboxylic acids is 2. The van der Waals surface area contributed by atoms with Gasteiger partial charge < -0.3 is 10.6 Å². The fourth-order valence-electron chi connectivity index (χ4n) is 3.98. The number of hydrogen-bond donors (Lipinski definition) is 2. The molecule has 2 N–H and O–H groups in total. The van der Waals surface area contributed by atoms with Crippen LogP contribution in [0.5, 0.6) is 0 Å². The van der Waals surface area contributed by atoms with E-state index in [0.29, 0.717) is 17.8 Å². The molecule has 0 spiro atoms. The van der Waals surface area contributed by atoms with Crippen LogP contribution in [0.1, 0.15) is 45.6 Å². The fraction of sp³-hybridized carbons (Fsp3) is 0.526. The van der Waals surface area contributed by atoms with Crippen LogP contribution >= 0.6 is 0 Å². The molecule has 132 valence electrons. The second-order valence-electron chi connectivity index (χ2n) is 7.93. The average molecular weight is 340 g/mol. The summed E-state index contributed by atoms with van der Waals surface area (Å²) in [6.45, 7) is 6.94. The van der Waals surface area contributed by atoms with Crippen molar-refractivity contribution in [3.05, 3.63) is 29.8 Å². The van der Waals surface area contributed by atoms with Crippen LogP contribution in [0, 0.1) is 22.2 Å². The van der Waals surface area contributed by atoms with Gasteiger partial charge in [-0.05, 0) is 54.4 Å². The van der Waals surface area contributed by atoms with Crippen molar-refractivity contribution in [3.8, 4) is 6.07 Å². The summed E-state index contributed by atoms with van der Waals surface area (Å²) in [6, 6.07) is 8.40. The summed E-state index contributed by atoms with van der Waals surface area (Å²) < 4.78 is 0. The molecule has 6 nitrogen and oxygen atoms in total. The van der Waals surface area contributed by atoms with Gasteiger partial charge in [-0.1, -0.05) is 20.8 Å². The summed E-state index contributed by atoms with van der Waals surface area (Å²) in [5.74, 6) is 0. The van der Waals surface area contributed by atoms with Crippen molar-refractivity contribution >= 4 is 17.8 Å². The zero-order chi connectivity index (χ0) is 18.5. The van der Waals surface area contributed by atoms with E-state index in [0.717, 1.165) is 19.3 Å². The number of rotatable bonds is 4. The summed E-state index contributed by atoms with van der Waals surface area (Å²) in [4.78, 5) is 26.7. The van der Waals surface area contributed by atoms with E-state index < -0.39 is 0 Å². The Morgan fingerprint density at radius 2 is 1.96 bits per heavy atom. The lowest BCUT2D eigenvalue weighted by atomic mass is 9.63. The molecule has 2 amide bonds. The van der Waals surface area contributed by atoms with E-state index in [2.05, 4.69) is 36.4 Å². The molecule has 1 aromatic carbocycles. The van der Waals surface area contributed by atoms with E-state index >= 15 is 0 Å². The number of benzene rings is 1. The second-order valence-corrected chi connectivity index (χ2v) is 7.93. The number of nitriles is 1. The standard InChI is InChI=1S/C19H24N4O2/c1-18(2)8-16(22-13-24)9-19(3,11-18)12-21-17(25)23-15-6-4-14(10-20)5-7-15/h4-7,16H,8-9,11-12H2,1-3H3,(H2,21,23,25). The van der Waals surface area contributed by atoms with Gasteiger partial charge >= 0.3 is 6.03 Å². The Kier molecular flexibility index (Phi) is 5.61. The number of urea groups is 1. The maximum Gasteiger partial charge on any atom is 0.319 e. The molecule has 6 heteroatoms. The second kappa shape index (κ2) is 7.50. The molecule has 2 atom stereocenters. The van der Waals surface area contributed by atoms with Gasteiger partial charge in [0.2, 0.25) is 6.08 Å². The van der Waals surface area contributed by atoms with E-state index in [9.17, 15) is 9.59 Å². The topological polar surface area (TPSA) is 94.3 Å². The smallest absolute Gasteiger partial charge is 0.319 e. The SMILES string of the molecule is CC1(C)CC(N=C=O)CC(C)(CNC(=O)Nc2ccc(C#N)cc2)C1. The average Bonchev–Trinajstić information content (AvgIpc) is 2.52. The Labute approximate surface area is 148 Å². The Hall–Kier alpha value is -2.64. The van der Waals surface area contributed by atoms with E-state index in [1.807, 2.05) is 6.07 Å². The maximum atomic E-state index is 12.1. The summed E-state index contributed by atoms with van der Waals surface area (Å²) in [7, 11) is 0. The van der Waals surface area contributed by atoms with Crippen LogP contribution in [0.15, 0.2) is 29.3 Å². The van der Waals surface area contributed by atoms with Crippen molar-refractivity contribution in [1.29, 1.82) is 5.26 Å². The molecule has 1 aromatic rings. The molecular formula is C19H24N4O2. The van der Waals surface area contributed by atoms with Gasteiger partial charge in [-0.2, -0.15) is 5.26 Å². The van der Waals surface area contributed by atoms with Crippen LogP contribution in [0.25, 0.3) is 0 Å². The zero-order valence-electron chi connectivity index (χ0n) is 14.9. The number of amides is 2. The van der Waals surface area contributed by atoms with Gasteiger partial charge in [-0.25, -0.2) is 14.6 Å². The first-order chi connectivity index (χ1) is 11.8. The normalized spacial score (nSPS) is 24.5. The van der Waals surface area contributed by atoms with Gasteiger partial charge in [0, 0.05) is 12.2 Å². The summed E-state index contributed by atoms with van der Waals surface area (Å²) in [5.41, 5.74) is 1.11. The van der Waals surface area contributed by atoms with Gasteiger partial charge in [0.15, 0.2) is 0 Å². The number of aliphatic imine (C=N–C) groups is 1. The van der Waals surface area contributed by atoms with E-state index in [1.54, 1.807) is 30.3 Å². The lowest BCUT2D eigenvalue weighted by molar-refractivity contribution is 0.0855. The highest BCUT2D eigenvalue weighted by molar-refractivity contribution is 5.89. The molecule has 0 saturated heterocycles. The third-order valence-electron chi connectivity index (χ3n) is 4.60.